The highest BCUT2D eigenvalue weighted by molar-refractivity contribution is 6.04. The first-order chi connectivity index (χ1) is 13.5. The highest BCUT2D eigenvalue weighted by Crippen LogP contribution is 2.04. The van der Waals surface area contributed by atoms with Crippen LogP contribution in [0.1, 0.15) is 56.5 Å². The van der Waals surface area contributed by atoms with Crippen LogP contribution in [0, 0.1) is 6.92 Å². The number of rotatable bonds is 12. The number of carbonyl (C=O) groups is 1. The first-order valence-electron chi connectivity index (χ1n) is 10.5. The summed E-state index contributed by atoms with van der Waals surface area (Å²) in [4.78, 5) is 18.7. The third kappa shape index (κ3) is 9.85. The molecule has 1 aromatic carbocycles. The van der Waals surface area contributed by atoms with E-state index in [1.54, 1.807) is 17.0 Å². The van der Waals surface area contributed by atoms with Gasteiger partial charge in [0.1, 0.15) is 6.61 Å². The van der Waals surface area contributed by atoms with Crippen LogP contribution < -0.4 is 10.2 Å². The minimum Gasteiger partial charge on any atom is -0.463 e. The first kappa shape index (κ1) is 24.1. The Morgan fingerprint density at radius 3 is 2.43 bits per heavy atom. The Morgan fingerprint density at radius 2 is 1.82 bits per heavy atom. The number of aryl methyl sites for hydroxylation is 1. The number of amides is 1. The van der Waals surface area contributed by atoms with E-state index in [0.29, 0.717) is 25.4 Å². The number of nitrogens with zero attached hydrogens (tertiary/aromatic N) is 1. The Bertz CT molecular complexity index is 583. The van der Waals surface area contributed by atoms with Gasteiger partial charge in [-0.3, -0.25) is 10.1 Å². The lowest BCUT2D eigenvalue weighted by molar-refractivity contribution is -0.896. The first-order valence-corrected chi connectivity index (χ1v) is 10.5. The molecule has 0 aromatic heterocycles. The van der Waals surface area contributed by atoms with Crippen LogP contribution in [0.25, 0.3) is 0 Å². The lowest BCUT2D eigenvalue weighted by atomic mass is 10.1. The van der Waals surface area contributed by atoms with Crippen molar-refractivity contribution in [3.05, 3.63) is 35.4 Å². The molecule has 0 aliphatic rings. The molecule has 0 spiro atoms. The molecule has 0 aliphatic carbocycles. The molecular weight excluding hydrogens is 354 g/mol. The number of aliphatic imine (C=N–C) groups is 1. The molecule has 28 heavy (non-hydrogen) atoms. The van der Waals surface area contributed by atoms with Crippen LogP contribution in [-0.2, 0) is 9.47 Å². The van der Waals surface area contributed by atoms with Gasteiger partial charge in [-0.05, 0) is 59.6 Å². The molecule has 0 fully saturated rings. The van der Waals surface area contributed by atoms with Gasteiger partial charge in [0.15, 0.2) is 0 Å². The van der Waals surface area contributed by atoms with Gasteiger partial charge in [0.2, 0.25) is 0 Å². The second kappa shape index (κ2) is 14.1. The van der Waals surface area contributed by atoms with Gasteiger partial charge in [-0.25, -0.2) is 4.99 Å². The standard InChI is InChI=1S/C22H37N3O3/c1-6-25(7-2)15-9-10-19(5)23-22(28-17-16-27-8-3)24-21(26)20-13-11-18(4)12-14-20/h11-14,19H,6-10,15-17H2,1-5H3,(H,23,24,26)/p+1/t19-/m0/s1. The monoisotopic (exact) mass is 392 g/mol. The Kier molecular flexibility index (Phi) is 12.2. The zero-order chi connectivity index (χ0) is 20.8. The van der Waals surface area contributed by atoms with Crippen molar-refractivity contribution in [1.29, 1.82) is 0 Å². The van der Waals surface area contributed by atoms with E-state index in [0.717, 1.165) is 38.0 Å². The van der Waals surface area contributed by atoms with Gasteiger partial charge in [-0.2, -0.15) is 0 Å². The number of quaternary nitrogens is 1. The molecule has 0 bridgehead atoms. The SMILES string of the molecule is CCOCCOC(=N[C@@H](C)CCC[NH+](CC)CC)NC(=O)c1ccc(C)cc1. The van der Waals surface area contributed by atoms with Crippen molar-refractivity contribution >= 4 is 11.9 Å². The van der Waals surface area contributed by atoms with Crippen LogP contribution in [0.3, 0.4) is 0 Å². The Labute approximate surface area is 170 Å². The largest absolute Gasteiger partial charge is 0.463 e. The van der Waals surface area contributed by atoms with Crippen molar-refractivity contribution in [1.82, 2.24) is 5.32 Å². The van der Waals surface area contributed by atoms with Crippen molar-refractivity contribution in [2.75, 3.05) is 39.5 Å². The second-order valence-electron chi connectivity index (χ2n) is 7.00. The van der Waals surface area contributed by atoms with Crippen LogP contribution in [-0.4, -0.2) is 57.4 Å². The van der Waals surface area contributed by atoms with Crippen molar-refractivity contribution in [3.8, 4) is 0 Å². The van der Waals surface area contributed by atoms with E-state index in [-0.39, 0.29) is 18.0 Å². The molecule has 0 unspecified atom stereocenters. The normalized spacial score (nSPS) is 12.9. The fourth-order valence-electron chi connectivity index (χ4n) is 2.84. The molecule has 2 N–H and O–H groups in total. The summed E-state index contributed by atoms with van der Waals surface area (Å²) in [5.41, 5.74) is 1.70. The smallest absolute Gasteiger partial charge is 0.292 e. The number of nitrogens with one attached hydrogen (secondary N) is 2. The van der Waals surface area contributed by atoms with E-state index in [4.69, 9.17) is 9.47 Å². The van der Waals surface area contributed by atoms with Crippen LogP contribution in [0.4, 0.5) is 0 Å². The van der Waals surface area contributed by atoms with Crippen molar-refractivity contribution < 1.29 is 19.2 Å². The van der Waals surface area contributed by atoms with Crippen LogP contribution in [0.15, 0.2) is 29.3 Å². The quantitative estimate of drug-likeness (QED) is 0.326. The summed E-state index contributed by atoms with van der Waals surface area (Å²) in [6, 6.07) is 7.79. The third-order valence-corrected chi connectivity index (χ3v) is 4.69. The summed E-state index contributed by atoms with van der Waals surface area (Å²) in [5.74, 6) is -0.213. The van der Waals surface area contributed by atoms with Crippen LogP contribution >= 0.6 is 0 Å². The number of amidine groups is 1. The zero-order valence-corrected chi connectivity index (χ0v) is 18.2. The molecule has 1 atom stereocenters. The average molecular weight is 393 g/mol. The summed E-state index contributed by atoms with van der Waals surface area (Å²) in [7, 11) is 0. The van der Waals surface area contributed by atoms with Gasteiger partial charge in [-0.1, -0.05) is 17.7 Å². The van der Waals surface area contributed by atoms with Crippen LogP contribution in [0.5, 0.6) is 0 Å². The van der Waals surface area contributed by atoms with Gasteiger partial charge in [0.25, 0.3) is 11.9 Å². The molecule has 1 amide bonds. The zero-order valence-electron chi connectivity index (χ0n) is 18.2. The summed E-state index contributed by atoms with van der Waals surface area (Å²) >= 11 is 0. The van der Waals surface area contributed by atoms with E-state index in [1.165, 1.54) is 0 Å². The predicted molar refractivity (Wildman–Crippen MR) is 114 cm³/mol. The average Bonchev–Trinajstić information content (AvgIpc) is 2.69. The Hall–Kier alpha value is -1.92. The number of ether oxygens (including phenoxy) is 2. The topological polar surface area (TPSA) is 64.4 Å². The molecule has 0 radical (unpaired) electrons. The molecular formula is C22H38N3O3+. The molecule has 6 nitrogen and oxygen atoms in total. The van der Waals surface area contributed by atoms with Gasteiger partial charge in [0, 0.05) is 12.2 Å². The molecule has 1 aromatic rings. The van der Waals surface area contributed by atoms with E-state index in [2.05, 4.69) is 31.1 Å². The highest BCUT2D eigenvalue weighted by atomic mass is 16.5. The fourth-order valence-corrected chi connectivity index (χ4v) is 2.84. The van der Waals surface area contributed by atoms with E-state index in [1.807, 2.05) is 26.0 Å². The third-order valence-electron chi connectivity index (χ3n) is 4.69. The Morgan fingerprint density at radius 1 is 1.14 bits per heavy atom. The lowest BCUT2D eigenvalue weighted by Crippen LogP contribution is -3.11. The second-order valence-corrected chi connectivity index (χ2v) is 7.00. The van der Waals surface area contributed by atoms with E-state index in [9.17, 15) is 4.79 Å². The molecule has 158 valence electrons. The van der Waals surface area contributed by atoms with Gasteiger partial charge in [0.05, 0.1) is 32.3 Å². The van der Waals surface area contributed by atoms with Gasteiger partial charge in [-0.15, -0.1) is 0 Å². The van der Waals surface area contributed by atoms with Gasteiger partial charge < -0.3 is 14.4 Å². The summed E-state index contributed by atoms with van der Waals surface area (Å²) < 4.78 is 11.0. The molecule has 1 rings (SSSR count). The van der Waals surface area contributed by atoms with Crippen molar-refractivity contribution in [3.63, 3.8) is 0 Å². The maximum atomic E-state index is 12.5. The minimum atomic E-state index is -0.213. The summed E-state index contributed by atoms with van der Waals surface area (Å²) in [5, 5.41) is 2.81. The predicted octanol–water partition coefficient (Wildman–Crippen LogP) is 2.23. The van der Waals surface area contributed by atoms with Crippen molar-refractivity contribution in [2.45, 2.75) is 53.5 Å². The minimum absolute atomic E-state index is 0.0790. The molecule has 0 saturated heterocycles. The maximum absolute atomic E-state index is 12.5. The molecule has 0 heterocycles. The molecule has 6 heteroatoms. The Balaban J connectivity index is 2.66. The van der Waals surface area contributed by atoms with E-state index < -0.39 is 0 Å². The number of hydrogen-bond acceptors (Lipinski definition) is 4. The number of hydrogen-bond donors (Lipinski definition) is 2. The van der Waals surface area contributed by atoms with Gasteiger partial charge >= 0.3 is 0 Å². The lowest BCUT2D eigenvalue weighted by Gasteiger charge is -2.17. The van der Waals surface area contributed by atoms with Crippen LogP contribution in [0.2, 0.25) is 0 Å². The molecule has 0 aliphatic heterocycles. The maximum Gasteiger partial charge on any atom is 0.292 e. The number of benzene rings is 1. The highest BCUT2D eigenvalue weighted by Gasteiger charge is 2.12. The summed E-state index contributed by atoms with van der Waals surface area (Å²) in [6.07, 6.45) is 2.06. The summed E-state index contributed by atoms with van der Waals surface area (Å²) in [6.45, 7) is 15.3. The van der Waals surface area contributed by atoms with E-state index >= 15 is 0 Å². The number of carbonyl (C=O) groups excluding carboxylic acids is 1. The van der Waals surface area contributed by atoms with Crippen molar-refractivity contribution in [2.24, 2.45) is 4.99 Å². The molecule has 0 saturated carbocycles. The fraction of sp³-hybridized carbons (Fsp3) is 0.636.